The number of nitrogens with one attached hydrogen (secondary N) is 2. The van der Waals surface area contributed by atoms with Crippen LogP contribution < -0.4 is 15.4 Å². The summed E-state index contributed by atoms with van der Waals surface area (Å²) in [6, 6.07) is 8.81. The van der Waals surface area contributed by atoms with Gasteiger partial charge in [-0.15, -0.1) is 0 Å². The summed E-state index contributed by atoms with van der Waals surface area (Å²) in [6.45, 7) is 0. The molecule has 0 fully saturated rings. The number of nitrogens with zero attached hydrogens (tertiary/aromatic N) is 1. The highest BCUT2D eigenvalue weighted by atomic mass is 19.4. The van der Waals surface area contributed by atoms with Crippen molar-refractivity contribution < 1.29 is 17.9 Å². The Morgan fingerprint density at radius 3 is 2.38 bits per heavy atom. The van der Waals surface area contributed by atoms with Gasteiger partial charge >= 0.3 is 6.18 Å². The number of halogens is 3. The molecule has 0 amide bonds. The molecule has 0 saturated heterocycles. The van der Waals surface area contributed by atoms with E-state index in [4.69, 9.17) is 4.74 Å². The third-order valence-electron chi connectivity index (χ3n) is 2.78. The fourth-order valence-corrected chi connectivity index (χ4v) is 1.77. The quantitative estimate of drug-likeness (QED) is 0.898. The fraction of sp³-hybridized carbons (Fsp3) is 0.214. The zero-order valence-corrected chi connectivity index (χ0v) is 11.5. The second-order valence-corrected chi connectivity index (χ2v) is 4.20. The molecular formula is C14H14F3N3O. The largest absolute Gasteiger partial charge is 0.495 e. The molecule has 0 bridgehead atoms. The van der Waals surface area contributed by atoms with Crippen LogP contribution in [0.5, 0.6) is 5.75 Å². The van der Waals surface area contributed by atoms with E-state index in [9.17, 15) is 13.2 Å². The minimum atomic E-state index is -4.44. The van der Waals surface area contributed by atoms with Crippen LogP contribution in [-0.2, 0) is 6.18 Å². The second-order valence-electron chi connectivity index (χ2n) is 4.20. The molecule has 2 aromatic rings. The summed E-state index contributed by atoms with van der Waals surface area (Å²) in [7, 11) is 2.99. The number of benzene rings is 1. The Hall–Kier alpha value is -2.44. The van der Waals surface area contributed by atoms with Crippen LogP contribution in [0.2, 0.25) is 0 Å². The van der Waals surface area contributed by atoms with Gasteiger partial charge < -0.3 is 15.4 Å². The van der Waals surface area contributed by atoms with Crippen LogP contribution in [0, 0.1) is 0 Å². The van der Waals surface area contributed by atoms with Gasteiger partial charge in [-0.3, -0.25) is 0 Å². The molecule has 1 aromatic heterocycles. The number of methoxy groups -OCH3 is 1. The van der Waals surface area contributed by atoms with Gasteiger partial charge in [0.2, 0.25) is 0 Å². The van der Waals surface area contributed by atoms with Crippen LogP contribution in [0.15, 0.2) is 36.4 Å². The van der Waals surface area contributed by atoms with E-state index in [1.807, 2.05) is 0 Å². The average Bonchev–Trinajstić information content (AvgIpc) is 2.46. The molecule has 21 heavy (non-hydrogen) atoms. The first-order chi connectivity index (χ1) is 9.94. The molecule has 0 unspecified atom stereocenters. The van der Waals surface area contributed by atoms with E-state index in [0.29, 0.717) is 11.4 Å². The van der Waals surface area contributed by atoms with Crippen molar-refractivity contribution in [1.82, 2.24) is 4.98 Å². The molecule has 0 aliphatic carbocycles. The Bertz CT molecular complexity index is 629. The van der Waals surface area contributed by atoms with E-state index in [0.717, 1.165) is 12.1 Å². The number of pyridine rings is 1. The van der Waals surface area contributed by atoms with Gasteiger partial charge in [-0.1, -0.05) is 12.1 Å². The van der Waals surface area contributed by atoms with Gasteiger partial charge in [-0.25, -0.2) is 4.98 Å². The predicted octanol–water partition coefficient (Wildman–Crippen LogP) is 3.89. The first kappa shape index (κ1) is 15.0. The number of hydrogen-bond donors (Lipinski definition) is 2. The van der Waals surface area contributed by atoms with Crippen LogP contribution in [0.4, 0.5) is 30.5 Å². The van der Waals surface area contributed by atoms with Crippen molar-refractivity contribution in [3.8, 4) is 5.75 Å². The Labute approximate surface area is 120 Å². The van der Waals surface area contributed by atoms with Crippen LogP contribution in [-0.4, -0.2) is 19.1 Å². The maximum absolute atomic E-state index is 12.9. The molecule has 0 atom stereocenters. The normalized spacial score (nSPS) is 11.1. The number of para-hydroxylation sites is 2. The molecule has 0 aliphatic rings. The molecule has 112 valence electrons. The molecule has 1 heterocycles. The van der Waals surface area contributed by atoms with Gasteiger partial charge in [0.25, 0.3) is 0 Å². The Kier molecular flexibility index (Phi) is 4.21. The lowest BCUT2D eigenvalue weighted by Gasteiger charge is -2.14. The molecule has 4 nitrogen and oxygen atoms in total. The molecule has 0 spiro atoms. The number of hydrogen-bond acceptors (Lipinski definition) is 4. The van der Waals surface area contributed by atoms with E-state index in [-0.39, 0.29) is 11.6 Å². The molecular weight excluding hydrogens is 283 g/mol. The Morgan fingerprint density at radius 1 is 1.10 bits per heavy atom. The smallest absolute Gasteiger partial charge is 0.416 e. The van der Waals surface area contributed by atoms with Gasteiger partial charge in [-0.2, -0.15) is 13.2 Å². The number of aromatic nitrogens is 1. The minimum Gasteiger partial charge on any atom is -0.495 e. The summed E-state index contributed by atoms with van der Waals surface area (Å²) in [5.74, 6) is 0.726. The van der Waals surface area contributed by atoms with Crippen molar-refractivity contribution in [1.29, 1.82) is 0 Å². The van der Waals surface area contributed by atoms with E-state index in [1.54, 1.807) is 24.3 Å². The lowest BCUT2D eigenvalue weighted by molar-refractivity contribution is -0.137. The fourth-order valence-electron chi connectivity index (χ4n) is 1.77. The van der Waals surface area contributed by atoms with Gasteiger partial charge in [0, 0.05) is 7.05 Å². The standard InChI is InChI=1S/C14H14F3N3O/c1-18-12-7-9(14(15,16)17)8-13(20-12)19-10-5-3-4-6-11(10)21-2/h3-8H,1-2H3,(H2,18,19,20). The molecule has 0 saturated carbocycles. The van der Waals surface area contributed by atoms with E-state index < -0.39 is 11.7 Å². The van der Waals surface area contributed by atoms with Gasteiger partial charge in [0.05, 0.1) is 18.4 Å². The summed E-state index contributed by atoms with van der Waals surface area (Å²) in [5, 5.41) is 5.45. The van der Waals surface area contributed by atoms with Crippen molar-refractivity contribution in [2.45, 2.75) is 6.18 Å². The highest BCUT2D eigenvalue weighted by Crippen LogP contribution is 2.33. The minimum absolute atomic E-state index is 0.0821. The van der Waals surface area contributed by atoms with Crippen molar-refractivity contribution in [3.05, 3.63) is 42.0 Å². The number of alkyl halides is 3. The van der Waals surface area contributed by atoms with Crippen LogP contribution >= 0.6 is 0 Å². The maximum Gasteiger partial charge on any atom is 0.416 e. The van der Waals surface area contributed by atoms with Crippen molar-refractivity contribution in [2.75, 3.05) is 24.8 Å². The predicted molar refractivity (Wildman–Crippen MR) is 75.1 cm³/mol. The zero-order chi connectivity index (χ0) is 15.5. The number of anilines is 3. The summed E-state index contributed by atoms with van der Waals surface area (Å²) >= 11 is 0. The lowest BCUT2D eigenvalue weighted by atomic mass is 10.2. The van der Waals surface area contributed by atoms with Crippen LogP contribution in [0.25, 0.3) is 0 Å². The molecule has 1 aromatic carbocycles. The summed E-state index contributed by atoms with van der Waals surface area (Å²) in [5.41, 5.74) is -0.242. The van der Waals surface area contributed by atoms with Crippen LogP contribution in [0.1, 0.15) is 5.56 Å². The van der Waals surface area contributed by atoms with Gasteiger partial charge in [0.15, 0.2) is 0 Å². The van der Waals surface area contributed by atoms with Crippen molar-refractivity contribution in [2.24, 2.45) is 0 Å². The lowest BCUT2D eigenvalue weighted by Crippen LogP contribution is -2.08. The third-order valence-corrected chi connectivity index (χ3v) is 2.78. The number of ether oxygens (including phenoxy) is 1. The molecule has 0 aliphatic heterocycles. The van der Waals surface area contributed by atoms with E-state index in [1.165, 1.54) is 14.2 Å². The molecule has 2 rings (SSSR count). The Morgan fingerprint density at radius 2 is 1.76 bits per heavy atom. The number of rotatable bonds is 4. The first-order valence-corrected chi connectivity index (χ1v) is 6.11. The highest BCUT2D eigenvalue weighted by molar-refractivity contribution is 5.65. The van der Waals surface area contributed by atoms with Gasteiger partial charge in [0.1, 0.15) is 17.4 Å². The molecule has 0 radical (unpaired) electrons. The topological polar surface area (TPSA) is 46.2 Å². The summed E-state index contributed by atoms with van der Waals surface area (Å²) < 4.78 is 43.7. The average molecular weight is 297 g/mol. The summed E-state index contributed by atoms with van der Waals surface area (Å²) in [6.07, 6.45) is -4.44. The first-order valence-electron chi connectivity index (χ1n) is 6.11. The van der Waals surface area contributed by atoms with E-state index in [2.05, 4.69) is 15.6 Å². The van der Waals surface area contributed by atoms with Crippen LogP contribution in [0.3, 0.4) is 0 Å². The monoisotopic (exact) mass is 297 g/mol. The van der Waals surface area contributed by atoms with Gasteiger partial charge in [-0.05, 0) is 24.3 Å². The van der Waals surface area contributed by atoms with Crippen molar-refractivity contribution >= 4 is 17.3 Å². The SMILES string of the molecule is CNc1cc(C(F)(F)F)cc(Nc2ccccc2OC)n1. The maximum atomic E-state index is 12.9. The zero-order valence-electron chi connectivity index (χ0n) is 11.5. The molecule has 7 heteroatoms. The second kappa shape index (κ2) is 5.90. The highest BCUT2D eigenvalue weighted by Gasteiger charge is 2.31. The Balaban J connectivity index is 2.39. The van der Waals surface area contributed by atoms with E-state index >= 15 is 0 Å². The third kappa shape index (κ3) is 3.56. The van der Waals surface area contributed by atoms with Crippen molar-refractivity contribution in [3.63, 3.8) is 0 Å². The molecule has 2 N–H and O–H groups in total. The summed E-state index contributed by atoms with van der Waals surface area (Å²) in [4.78, 5) is 4.06.